The first-order valence-corrected chi connectivity index (χ1v) is 14.4. The van der Waals surface area contributed by atoms with E-state index in [4.69, 9.17) is 0 Å². The molecule has 1 aromatic heterocycles. The van der Waals surface area contributed by atoms with Crippen molar-refractivity contribution in [1.29, 1.82) is 0 Å². The van der Waals surface area contributed by atoms with Crippen LogP contribution < -0.4 is 0 Å². The maximum atomic E-state index is 2.44. The van der Waals surface area contributed by atoms with Crippen molar-refractivity contribution >= 4 is 31.5 Å². The molecule has 0 radical (unpaired) electrons. The van der Waals surface area contributed by atoms with E-state index in [1.807, 2.05) is 11.3 Å². The van der Waals surface area contributed by atoms with Crippen molar-refractivity contribution in [1.82, 2.24) is 0 Å². The predicted molar refractivity (Wildman–Crippen MR) is 166 cm³/mol. The van der Waals surface area contributed by atoms with Crippen LogP contribution in [0.25, 0.3) is 53.6 Å². The SMILES string of the molecule is Cc1cccc(-c2cccc3c2C2(c4ccccc4-3)c3ccccc3-c3c2ccc2sc4ccccc4c32)c1. The van der Waals surface area contributed by atoms with E-state index in [1.165, 1.54) is 81.4 Å². The molecule has 2 aliphatic rings. The van der Waals surface area contributed by atoms with E-state index < -0.39 is 0 Å². The molecule has 1 unspecified atom stereocenters. The number of thiophene rings is 1. The summed E-state index contributed by atoms with van der Waals surface area (Å²) >= 11 is 1.91. The number of fused-ring (bicyclic) bond motifs is 14. The Morgan fingerprint density at radius 3 is 2.08 bits per heavy atom. The predicted octanol–water partition coefficient (Wildman–Crippen LogP) is 10.4. The van der Waals surface area contributed by atoms with Gasteiger partial charge < -0.3 is 0 Å². The molecule has 1 atom stereocenters. The van der Waals surface area contributed by atoms with E-state index >= 15 is 0 Å². The minimum Gasteiger partial charge on any atom is -0.135 e. The first kappa shape index (κ1) is 21.5. The molecule has 1 heteroatoms. The zero-order chi connectivity index (χ0) is 25.7. The Morgan fingerprint density at radius 1 is 0.513 bits per heavy atom. The Hall–Kier alpha value is -4.46. The zero-order valence-corrected chi connectivity index (χ0v) is 22.3. The molecular formula is C38H24S. The van der Waals surface area contributed by atoms with Gasteiger partial charge in [0.1, 0.15) is 0 Å². The quantitative estimate of drug-likeness (QED) is 0.205. The summed E-state index contributed by atoms with van der Waals surface area (Å²) in [5, 5.41) is 2.76. The summed E-state index contributed by atoms with van der Waals surface area (Å²) < 4.78 is 2.72. The molecule has 39 heavy (non-hydrogen) atoms. The van der Waals surface area contributed by atoms with Crippen molar-refractivity contribution in [3.05, 3.63) is 155 Å². The van der Waals surface area contributed by atoms with Gasteiger partial charge in [-0.3, -0.25) is 0 Å². The molecule has 182 valence electrons. The molecule has 0 fully saturated rings. The van der Waals surface area contributed by atoms with E-state index in [0.29, 0.717) is 0 Å². The van der Waals surface area contributed by atoms with Crippen molar-refractivity contribution in [3.63, 3.8) is 0 Å². The third-order valence-corrected chi connectivity index (χ3v) is 10.1. The highest BCUT2D eigenvalue weighted by atomic mass is 32.1. The number of hydrogen-bond acceptors (Lipinski definition) is 1. The smallest absolute Gasteiger partial charge is 0.0731 e. The highest BCUT2D eigenvalue weighted by molar-refractivity contribution is 7.26. The average molecular weight is 513 g/mol. The van der Waals surface area contributed by atoms with Crippen LogP contribution in [0.3, 0.4) is 0 Å². The Morgan fingerprint density at radius 2 is 1.21 bits per heavy atom. The standard InChI is InChI=1S/C38H24S/c1-23-10-8-11-24(22-23)25-15-9-16-27-26-12-2-5-17-30(26)38(37(25)27)31-18-6-3-13-28(31)35-32(38)20-21-34-36(35)29-14-4-7-19-33(29)39-34/h2-22H,1H3. The number of hydrogen-bond donors (Lipinski definition) is 0. The Kier molecular flexibility index (Phi) is 4.16. The molecule has 9 rings (SSSR count). The third-order valence-electron chi connectivity index (χ3n) is 8.94. The fourth-order valence-corrected chi connectivity index (χ4v) is 8.67. The summed E-state index contributed by atoms with van der Waals surface area (Å²) in [6.45, 7) is 2.19. The average Bonchev–Trinajstić information content (AvgIpc) is 3.61. The number of rotatable bonds is 1. The van der Waals surface area contributed by atoms with Crippen molar-refractivity contribution in [2.24, 2.45) is 0 Å². The summed E-state index contributed by atoms with van der Waals surface area (Å²) in [7, 11) is 0. The van der Waals surface area contributed by atoms with Crippen LogP contribution >= 0.6 is 11.3 Å². The van der Waals surface area contributed by atoms with Crippen molar-refractivity contribution in [2.75, 3.05) is 0 Å². The van der Waals surface area contributed by atoms with Gasteiger partial charge in [-0.15, -0.1) is 11.3 Å². The fraction of sp³-hybridized carbons (Fsp3) is 0.0526. The normalized spacial score (nSPS) is 16.4. The van der Waals surface area contributed by atoms with Gasteiger partial charge in [0.05, 0.1) is 5.41 Å². The van der Waals surface area contributed by atoms with Crippen LogP contribution in [0.2, 0.25) is 0 Å². The zero-order valence-electron chi connectivity index (χ0n) is 21.5. The van der Waals surface area contributed by atoms with Crippen LogP contribution in [0.4, 0.5) is 0 Å². The fourth-order valence-electron chi connectivity index (χ4n) is 7.56. The molecule has 7 aromatic rings. The van der Waals surface area contributed by atoms with E-state index in [-0.39, 0.29) is 5.41 Å². The van der Waals surface area contributed by atoms with Crippen LogP contribution in [-0.2, 0) is 5.41 Å². The van der Waals surface area contributed by atoms with Gasteiger partial charge in [-0.1, -0.05) is 121 Å². The maximum absolute atomic E-state index is 2.44. The number of aryl methyl sites for hydroxylation is 1. The van der Waals surface area contributed by atoms with Gasteiger partial charge in [0.2, 0.25) is 0 Å². The Balaban J connectivity index is 1.52. The first-order valence-electron chi connectivity index (χ1n) is 13.6. The van der Waals surface area contributed by atoms with Gasteiger partial charge in [-0.05, 0) is 74.7 Å². The molecule has 0 amide bonds. The summed E-state index contributed by atoms with van der Waals surface area (Å²) in [4.78, 5) is 0. The van der Waals surface area contributed by atoms with E-state index in [2.05, 4.69) is 134 Å². The Bertz CT molecular complexity index is 2140. The molecule has 0 N–H and O–H groups in total. The minimum atomic E-state index is -0.366. The molecule has 0 nitrogen and oxygen atoms in total. The lowest BCUT2D eigenvalue weighted by Crippen LogP contribution is -2.26. The van der Waals surface area contributed by atoms with Crippen molar-refractivity contribution < 1.29 is 0 Å². The van der Waals surface area contributed by atoms with Crippen LogP contribution in [0.15, 0.2) is 127 Å². The second-order valence-corrected chi connectivity index (χ2v) is 12.0. The van der Waals surface area contributed by atoms with Gasteiger partial charge in [0.25, 0.3) is 0 Å². The largest absolute Gasteiger partial charge is 0.135 e. The van der Waals surface area contributed by atoms with Gasteiger partial charge in [-0.25, -0.2) is 0 Å². The molecule has 2 aliphatic carbocycles. The highest BCUT2D eigenvalue weighted by Crippen LogP contribution is 2.65. The van der Waals surface area contributed by atoms with Crippen molar-refractivity contribution in [2.45, 2.75) is 12.3 Å². The molecule has 1 spiro atoms. The third kappa shape index (κ3) is 2.59. The van der Waals surface area contributed by atoms with Crippen LogP contribution in [0, 0.1) is 6.92 Å². The van der Waals surface area contributed by atoms with Crippen LogP contribution in [0.5, 0.6) is 0 Å². The summed E-state index contributed by atoms with van der Waals surface area (Å²) in [5.74, 6) is 0. The lowest BCUT2D eigenvalue weighted by molar-refractivity contribution is 0.796. The molecule has 1 heterocycles. The first-order chi connectivity index (χ1) is 19.3. The minimum absolute atomic E-state index is 0.366. The monoisotopic (exact) mass is 512 g/mol. The van der Waals surface area contributed by atoms with Gasteiger partial charge in [0, 0.05) is 20.2 Å². The molecule has 0 saturated heterocycles. The highest BCUT2D eigenvalue weighted by Gasteiger charge is 2.53. The van der Waals surface area contributed by atoms with E-state index in [9.17, 15) is 0 Å². The molecule has 0 aliphatic heterocycles. The van der Waals surface area contributed by atoms with E-state index in [1.54, 1.807) is 0 Å². The van der Waals surface area contributed by atoms with Gasteiger partial charge in [0.15, 0.2) is 0 Å². The van der Waals surface area contributed by atoms with Crippen molar-refractivity contribution in [3.8, 4) is 33.4 Å². The second-order valence-electron chi connectivity index (χ2n) is 10.9. The lowest BCUT2D eigenvalue weighted by atomic mass is 9.68. The van der Waals surface area contributed by atoms with Crippen LogP contribution in [-0.4, -0.2) is 0 Å². The lowest BCUT2D eigenvalue weighted by Gasteiger charge is -2.32. The molecule has 6 aromatic carbocycles. The summed E-state index contributed by atoms with van der Waals surface area (Å²) in [6, 6.07) is 47.9. The summed E-state index contributed by atoms with van der Waals surface area (Å²) in [5.41, 5.74) is 14.6. The van der Waals surface area contributed by atoms with E-state index in [0.717, 1.165) is 0 Å². The number of benzene rings is 6. The second kappa shape index (κ2) is 7.56. The topological polar surface area (TPSA) is 0 Å². The maximum Gasteiger partial charge on any atom is 0.0731 e. The Labute approximate surface area is 231 Å². The van der Waals surface area contributed by atoms with Crippen LogP contribution in [0.1, 0.15) is 27.8 Å². The molecular weight excluding hydrogens is 488 g/mol. The van der Waals surface area contributed by atoms with Gasteiger partial charge >= 0.3 is 0 Å². The summed E-state index contributed by atoms with van der Waals surface area (Å²) in [6.07, 6.45) is 0. The molecule has 0 bridgehead atoms. The van der Waals surface area contributed by atoms with Gasteiger partial charge in [-0.2, -0.15) is 0 Å². The molecule has 0 saturated carbocycles.